The molecule has 0 unspecified atom stereocenters. The van der Waals surface area contributed by atoms with E-state index in [1.807, 2.05) is 52.0 Å². The summed E-state index contributed by atoms with van der Waals surface area (Å²) in [5, 5.41) is 8.32. The first kappa shape index (κ1) is 21.7. The predicted molar refractivity (Wildman–Crippen MR) is 107 cm³/mol. The number of carbonyl (C=O) groups is 3. The molecule has 1 heterocycles. The molecule has 28 heavy (non-hydrogen) atoms. The van der Waals surface area contributed by atoms with E-state index in [9.17, 15) is 14.4 Å². The molecule has 0 saturated carbocycles. The van der Waals surface area contributed by atoms with Gasteiger partial charge in [0.1, 0.15) is 23.4 Å². The van der Waals surface area contributed by atoms with Crippen molar-refractivity contribution in [3.05, 3.63) is 29.8 Å². The standard InChI is InChI=1S/C21H31N3O4/c1-13-6-11-18(25)23-14(2)19(26)24-17(20(27)22-13)12-15-7-9-16(10-8-15)28-21(3,4)5/h7-10,13-14,17H,6,11-12H2,1-5H3,(H,22,27)(H,23,25)(H,24,26)/t13-,14+,17+/m1/s1. The first-order valence-electron chi connectivity index (χ1n) is 9.71. The van der Waals surface area contributed by atoms with Gasteiger partial charge in [-0.2, -0.15) is 0 Å². The van der Waals surface area contributed by atoms with Crippen LogP contribution in [0.2, 0.25) is 0 Å². The summed E-state index contributed by atoms with van der Waals surface area (Å²) in [5.74, 6) is -0.0815. The molecule has 1 fully saturated rings. The summed E-state index contributed by atoms with van der Waals surface area (Å²) in [6.07, 6.45) is 1.13. The molecule has 1 aromatic carbocycles. The van der Waals surface area contributed by atoms with Crippen LogP contribution in [0.5, 0.6) is 5.75 Å². The molecule has 1 aromatic rings. The van der Waals surface area contributed by atoms with Gasteiger partial charge >= 0.3 is 0 Å². The predicted octanol–water partition coefficient (Wildman–Crippen LogP) is 1.69. The third-order valence-electron chi connectivity index (χ3n) is 4.38. The minimum absolute atomic E-state index is 0.159. The maximum absolute atomic E-state index is 12.7. The van der Waals surface area contributed by atoms with Crippen LogP contribution in [-0.4, -0.2) is 41.4 Å². The van der Waals surface area contributed by atoms with Crippen molar-refractivity contribution < 1.29 is 19.1 Å². The number of carbonyl (C=O) groups excluding carboxylic acids is 3. The summed E-state index contributed by atoms with van der Waals surface area (Å²) in [7, 11) is 0. The van der Waals surface area contributed by atoms with E-state index in [4.69, 9.17) is 4.74 Å². The zero-order valence-corrected chi connectivity index (χ0v) is 17.3. The molecule has 0 aliphatic carbocycles. The van der Waals surface area contributed by atoms with Gasteiger partial charge in [0, 0.05) is 18.9 Å². The van der Waals surface area contributed by atoms with Crippen LogP contribution in [0.25, 0.3) is 0 Å². The Kier molecular flexibility index (Phi) is 7.05. The van der Waals surface area contributed by atoms with Crippen LogP contribution >= 0.6 is 0 Å². The molecule has 1 saturated heterocycles. The Balaban J connectivity index is 2.14. The van der Waals surface area contributed by atoms with Gasteiger partial charge in [-0.3, -0.25) is 14.4 Å². The summed E-state index contributed by atoms with van der Waals surface area (Å²) in [6, 6.07) is 5.92. The van der Waals surface area contributed by atoms with E-state index in [1.54, 1.807) is 6.92 Å². The lowest BCUT2D eigenvalue weighted by Crippen LogP contribution is -2.53. The normalized spacial score (nSPS) is 24.5. The van der Waals surface area contributed by atoms with Crippen LogP contribution in [0, 0.1) is 0 Å². The largest absolute Gasteiger partial charge is 0.488 e. The Bertz CT molecular complexity index is 709. The van der Waals surface area contributed by atoms with Gasteiger partial charge in [0.15, 0.2) is 0 Å². The second-order valence-corrected chi connectivity index (χ2v) is 8.36. The summed E-state index contributed by atoms with van der Waals surface area (Å²) in [6.45, 7) is 9.39. The van der Waals surface area contributed by atoms with Gasteiger partial charge in [-0.05, 0) is 58.7 Å². The van der Waals surface area contributed by atoms with Crippen molar-refractivity contribution in [3.63, 3.8) is 0 Å². The Morgan fingerprint density at radius 3 is 2.21 bits per heavy atom. The second-order valence-electron chi connectivity index (χ2n) is 8.36. The molecule has 1 aliphatic rings. The zero-order chi connectivity index (χ0) is 20.9. The van der Waals surface area contributed by atoms with Crippen molar-refractivity contribution >= 4 is 17.7 Å². The molecule has 7 nitrogen and oxygen atoms in total. The van der Waals surface area contributed by atoms with Crippen LogP contribution in [0.1, 0.15) is 53.0 Å². The Morgan fingerprint density at radius 2 is 1.61 bits per heavy atom. The SMILES string of the molecule is C[C@@H]1CCC(=O)N[C@@H](C)C(=O)N[C@@H](Cc2ccc(OC(C)(C)C)cc2)C(=O)N1. The number of rotatable bonds is 3. The molecular formula is C21H31N3O4. The molecule has 2 rings (SSSR count). The molecule has 0 radical (unpaired) electrons. The molecule has 3 N–H and O–H groups in total. The molecule has 0 spiro atoms. The van der Waals surface area contributed by atoms with Crippen molar-refractivity contribution in [3.8, 4) is 5.75 Å². The quantitative estimate of drug-likeness (QED) is 0.733. The van der Waals surface area contributed by atoms with Gasteiger partial charge in [-0.25, -0.2) is 0 Å². The lowest BCUT2D eigenvalue weighted by Gasteiger charge is -2.23. The molecule has 7 heteroatoms. The van der Waals surface area contributed by atoms with Gasteiger partial charge in [0.25, 0.3) is 0 Å². The number of ether oxygens (including phenoxy) is 1. The van der Waals surface area contributed by atoms with Crippen LogP contribution in [0.15, 0.2) is 24.3 Å². The Labute approximate surface area is 166 Å². The second kappa shape index (κ2) is 9.08. The topological polar surface area (TPSA) is 96.5 Å². The highest BCUT2D eigenvalue weighted by Gasteiger charge is 2.27. The van der Waals surface area contributed by atoms with E-state index in [1.165, 1.54) is 0 Å². The smallest absolute Gasteiger partial charge is 0.243 e. The van der Waals surface area contributed by atoms with Gasteiger partial charge in [-0.15, -0.1) is 0 Å². The lowest BCUT2D eigenvalue weighted by atomic mass is 10.0. The molecule has 154 valence electrons. The van der Waals surface area contributed by atoms with Crippen LogP contribution in [0.4, 0.5) is 0 Å². The number of amides is 3. The molecular weight excluding hydrogens is 358 g/mol. The van der Waals surface area contributed by atoms with Crippen LogP contribution < -0.4 is 20.7 Å². The molecule has 3 atom stereocenters. The maximum Gasteiger partial charge on any atom is 0.243 e. The van der Waals surface area contributed by atoms with Gasteiger partial charge in [0.2, 0.25) is 17.7 Å². The molecule has 3 amide bonds. The number of benzene rings is 1. The fraction of sp³-hybridized carbons (Fsp3) is 0.571. The van der Waals surface area contributed by atoms with Crippen molar-refractivity contribution in [1.82, 2.24) is 16.0 Å². The third kappa shape index (κ3) is 6.87. The van der Waals surface area contributed by atoms with E-state index in [-0.39, 0.29) is 35.8 Å². The highest BCUT2D eigenvalue weighted by Crippen LogP contribution is 2.19. The highest BCUT2D eigenvalue weighted by molar-refractivity contribution is 5.92. The Morgan fingerprint density at radius 1 is 0.964 bits per heavy atom. The number of hydrogen-bond donors (Lipinski definition) is 3. The third-order valence-corrected chi connectivity index (χ3v) is 4.38. The summed E-state index contributed by atoms with van der Waals surface area (Å²) in [5.41, 5.74) is 0.613. The zero-order valence-electron chi connectivity index (χ0n) is 17.3. The number of nitrogens with one attached hydrogen (secondary N) is 3. The fourth-order valence-corrected chi connectivity index (χ4v) is 2.93. The van der Waals surface area contributed by atoms with E-state index in [0.717, 1.165) is 11.3 Å². The minimum Gasteiger partial charge on any atom is -0.488 e. The van der Waals surface area contributed by atoms with Gasteiger partial charge < -0.3 is 20.7 Å². The van der Waals surface area contributed by atoms with Gasteiger partial charge in [-0.1, -0.05) is 12.1 Å². The first-order valence-corrected chi connectivity index (χ1v) is 9.71. The van der Waals surface area contributed by atoms with Crippen LogP contribution in [-0.2, 0) is 20.8 Å². The summed E-state index contributed by atoms with van der Waals surface area (Å²) in [4.78, 5) is 37.0. The average molecular weight is 389 g/mol. The van der Waals surface area contributed by atoms with E-state index in [2.05, 4.69) is 16.0 Å². The Hall–Kier alpha value is -2.57. The minimum atomic E-state index is -0.721. The van der Waals surface area contributed by atoms with Crippen molar-refractivity contribution in [2.24, 2.45) is 0 Å². The molecule has 0 bridgehead atoms. The lowest BCUT2D eigenvalue weighted by molar-refractivity contribution is -0.131. The monoisotopic (exact) mass is 389 g/mol. The molecule has 0 aromatic heterocycles. The maximum atomic E-state index is 12.7. The van der Waals surface area contributed by atoms with Gasteiger partial charge in [0.05, 0.1) is 0 Å². The van der Waals surface area contributed by atoms with E-state index < -0.39 is 12.1 Å². The van der Waals surface area contributed by atoms with E-state index >= 15 is 0 Å². The molecule has 1 aliphatic heterocycles. The fourth-order valence-electron chi connectivity index (χ4n) is 2.93. The van der Waals surface area contributed by atoms with Crippen LogP contribution in [0.3, 0.4) is 0 Å². The average Bonchev–Trinajstić information content (AvgIpc) is 2.60. The number of hydrogen-bond acceptors (Lipinski definition) is 4. The van der Waals surface area contributed by atoms with E-state index in [0.29, 0.717) is 12.8 Å². The summed E-state index contributed by atoms with van der Waals surface area (Å²) < 4.78 is 5.81. The summed E-state index contributed by atoms with van der Waals surface area (Å²) >= 11 is 0. The first-order chi connectivity index (χ1) is 13.0. The van der Waals surface area contributed by atoms with Crippen molar-refractivity contribution in [1.29, 1.82) is 0 Å². The van der Waals surface area contributed by atoms with Crippen molar-refractivity contribution in [2.75, 3.05) is 0 Å². The highest BCUT2D eigenvalue weighted by atomic mass is 16.5. The van der Waals surface area contributed by atoms with Crippen molar-refractivity contribution in [2.45, 2.75) is 77.6 Å².